The van der Waals surface area contributed by atoms with Crippen molar-refractivity contribution in [2.45, 2.75) is 6.54 Å². The van der Waals surface area contributed by atoms with E-state index in [2.05, 4.69) is 21.2 Å². The third kappa shape index (κ3) is 3.61. The fourth-order valence-electron chi connectivity index (χ4n) is 1.59. The molecule has 0 aliphatic carbocycles. The summed E-state index contributed by atoms with van der Waals surface area (Å²) in [5.41, 5.74) is 0.564. The van der Waals surface area contributed by atoms with E-state index >= 15 is 0 Å². The smallest absolute Gasteiger partial charge is 0.251 e. The van der Waals surface area contributed by atoms with E-state index < -0.39 is 11.6 Å². The molecule has 0 fully saturated rings. The maximum Gasteiger partial charge on any atom is 0.251 e. The maximum atomic E-state index is 13.4. The lowest BCUT2D eigenvalue weighted by Gasteiger charge is -2.07. The monoisotopic (exact) mass is 325 g/mol. The standard InChI is InChI=1S/C14H10BrF2NO/c15-11-3-1-2-9(6-11)14(19)18-8-10-7-12(16)4-5-13(10)17/h1-7H,8H2,(H,18,19). The summed E-state index contributed by atoms with van der Waals surface area (Å²) < 4.78 is 27.1. The van der Waals surface area contributed by atoms with Crippen LogP contribution in [0, 0.1) is 11.6 Å². The molecule has 2 aromatic carbocycles. The second kappa shape index (κ2) is 5.93. The summed E-state index contributed by atoms with van der Waals surface area (Å²) >= 11 is 3.26. The Morgan fingerprint density at radius 3 is 2.68 bits per heavy atom. The molecule has 0 saturated heterocycles. The largest absolute Gasteiger partial charge is 0.348 e. The van der Waals surface area contributed by atoms with Crippen molar-refractivity contribution in [3.63, 3.8) is 0 Å². The van der Waals surface area contributed by atoms with Gasteiger partial charge < -0.3 is 5.32 Å². The third-order valence-corrected chi connectivity index (χ3v) is 3.03. The summed E-state index contributed by atoms with van der Waals surface area (Å²) in [7, 11) is 0. The Bertz CT molecular complexity index is 616. The van der Waals surface area contributed by atoms with E-state index in [1.165, 1.54) is 0 Å². The topological polar surface area (TPSA) is 29.1 Å². The van der Waals surface area contributed by atoms with Crippen LogP contribution in [-0.2, 0) is 6.54 Å². The van der Waals surface area contributed by atoms with Gasteiger partial charge in [0.15, 0.2) is 0 Å². The number of benzene rings is 2. The van der Waals surface area contributed by atoms with E-state index in [1.54, 1.807) is 24.3 Å². The van der Waals surface area contributed by atoms with Crippen LogP contribution in [0.3, 0.4) is 0 Å². The van der Waals surface area contributed by atoms with Crippen LogP contribution in [0.25, 0.3) is 0 Å². The van der Waals surface area contributed by atoms with Gasteiger partial charge in [0, 0.05) is 22.1 Å². The van der Waals surface area contributed by atoms with E-state index in [9.17, 15) is 13.6 Å². The molecule has 0 radical (unpaired) electrons. The fourth-order valence-corrected chi connectivity index (χ4v) is 1.99. The lowest BCUT2D eigenvalue weighted by atomic mass is 10.2. The molecule has 0 aliphatic heterocycles. The Labute approximate surface area is 117 Å². The zero-order valence-electron chi connectivity index (χ0n) is 9.79. The molecule has 0 aliphatic rings. The number of hydrogen-bond donors (Lipinski definition) is 1. The summed E-state index contributed by atoms with van der Waals surface area (Å²) in [6.07, 6.45) is 0. The second-order valence-corrected chi connectivity index (χ2v) is 4.84. The first kappa shape index (κ1) is 13.7. The van der Waals surface area contributed by atoms with Crippen LogP contribution in [0.2, 0.25) is 0 Å². The molecule has 1 N–H and O–H groups in total. The van der Waals surface area contributed by atoms with Crippen molar-refractivity contribution in [2.24, 2.45) is 0 Å². The maximum absolute atomic E-state index is 13.4. The van der Waals surface area contributed by atoms with Crippen LogP contribution < -0.4 is 5.32 Å². The minimum atomic E-state index is -0.545. The zero-order valence-corrected chi connectivity index (χ0v) is 11.4. The highest BCUT2D eigenvalue weighted by molar-refractivity contribution is 9.10. The highest BCUT2D eigenvalue weighted by Crippen LogP contribution is 2.12. The molecule has 1 amide bonds. The molecule has 0 heterocycles. The predicted octanol–water partition coefficient (Wildman–Crippen LogP) is 3.66. The summed E-state index contributed by atoms with van der Waals surface area (Å²) in [6.45, 7) is -0.0606. The first-order valence-electron chi connectivity index (χ1n) is 5.54. The van der Waals surface area contributed by atoms with Crippen molar-refractivity contribution in [1.29, 1.82) is 0 Å². The normalized spacial score (nSPS) is 10.3. The summed E-state index contributed by atoms with van der Waals surface area (Å²) in [5, 5.41) is 2.54. The van der Waals surface area contributed by atoms with Gasteiger partial charge in [-0.2, -0.15) is 0 Å². The average molecular weight is 326 g/mol. The van der Waals surface area contributed by atoms with Gasteiger partial charge in [-0.25, -0.2) is 8.78 Å². The molecule has 0 atom stereocenters. The summed E-state index contributed by atoms with van der Waals surface area (Å²) in [6, 6.07) is 9.95. The number of hydrogen-bond acceptors (Lipinski definition) is 1. The minimum absolute atomic E-state index is 0.0606. The molecular weight excluding hydrogens is 316 g/mol. The second-order valence-electron chi connectivity index (χ2n) is 3.93. The fraction of sp³-hybridized carbons (Fsp3) is 0.0714. The van der Waals surface area contributed by atoms with Crippen LogP contribution in [0.4, 0.5) is 8.78 Å². The highest BCUT2D eigenvalue weighted by Gasteiger charge is 2.08. The molecule has 0 spiro atoms. The first-order valence-corrected chi connectivity index (χ1v) is 6.33. The Balaban J connectivity index is 2.06. The molecule has 2 aromatic rings. The van der Waals surface area contributed by atoms with Crippen LogP contribution in [0.15, 0.2) is 46.9 Å². The van der Waals surface area contributed by atoms with E-state index in [-0.39, 0.29) is 18.0 Å². The molecule has 0 aromatic heterocycles. The minimum Gasteiger partial charge on any atom is -0.348 e. The van der Waals surface area contributed by atoms with Crippen molar-refractivity contribution in [3.8, 4) is 0 Å². The van der Waals surface area contributed by atoms with Gasteiger partial charge in [0.25, 0.3) is 5.91 Å². The molecule has 2 rings (SSSR count). The molecule has 0 bridgehead atoms. The highest BCUT2D eigenvalue weighted by atomic mass is 79.9. The van der Waals surface area contributed by atoms with Gasteiger partial charge in [0.05, 0.1) is 0 Å². The lowest BCUT2D eigenvalue weighted by Crippen LogP contribution is -2.23. The van der Waals surface area contributed by atoms with Crippen LogP contribution in [0.1, 0.15) is 15.9 Å². The summed E-state index contributed by atoms with van der Waals surface area (Å²) in [4.78, 5) is 11.8. The third-order valence-electron chi connectivity index (χ3n) is 2.53. The van der Waals surface area contributed by atoms with Gasteiger partial charge >= 0.3 is 0 Å². The van der Waals surface area contributed by atoms with E-state index in [1.807, 2.05) is 0 Å². The van der Waals surface area contributed by atoms with E-state index in [0.717, 1.165) is 22.7 Å². The molecule has 98 valence electrons. The number of amides is 1. The van der Waals surface area contributed by atoms with Crippen molar-refractivity contribution in [3.05, 3.63) is 69.7 Å². The van der Waals surface area contributed by atoms with Gasteiger partial charge in [0.1, 0.15) is 11.6 Å². The molecular formula is C14H10BrF2NO. The number of nitrogens with one attached hydrogen (secondary N) is 1. The van der Waals surface area contributed by atoms with Gasteiger partial charge in [0.2, 0.25) is 0 Å². The molecule has 2 nitrogen and oxygen atoms in total. The SMILES string of the molecule is O=C(NCc1cc(F)ccc1F)c1cccc(Br)c1. The number of carbonyl (C=O) groups excluding carboxylic acids is 1. The van der Waals surface area contributed by atoms with Gasteiger partial charge in [-0.15, -0.1) is 0 Å². The Morgan fingerprint density at radius 1 is 1.16 bits per heavy atom. The van der Waals surface area contributed by atoms with Crippen molar-refractivity contribution in [1.82, 2.24) is 5.32 Å². The number of halogens is 3. The molecule has 5 heteroatoms. The average Bonchev–Trinajstić information content (AvgIpc) is 2.39. The van der Waals surface area contributed by atoms with Crippen molar-refractivity contribution >= 4 is 21.8 Å². The predicted molar refractivity (Wildman–Crippen MR) is 71.7 cm³/mol. The molecule has 0 saturated carbocycles. The van der Waals surface area contributed by atoms with Gasteiger partial charge in [-0.3, -0.25) is 4.79 Å². The van der Waals surface area contributed by atoms with Gasteiger partial charge in [-0.1, -0.05) is 22.0 Å². The Kier molecular flexibility index (Phi) is 4.27. The zero-order chi connectivity index (χ0) is 13.8. The van der Waals surface area contributed by atoms with Crippen LogP contribution in [0.5, 0.6) is 0 Å². The molecule has 0 unspecified atom stereocenters. The number of rotatable bonds is 3. The van der Waals surface area contributed by atoms with Gasteiger partial charge in [-0.05, 0) is 36.4 Å². The van der Waals surface area contributed by atoms with Crippen LogP contribution >= 0.6 is 15.9 Å². The molecule has 19 heavy (non-hydrogen) atoms. The van der Waals surface area contributed by atoms with Crippen molar-refractivity contribution < 1.29 is 13.6 Å². The van der Waals surface area contributed by atoms with Crippen LogP contribution in [-0.4, -0.2) is 5.91 Å². The summed E-state index contributed by atoms with van der Waals surface area (Å²) in [5.74, 6) is -1.42. The Hall–Kier alpha value is -1.75. The Morgan fingerprint density at radius 2 is 1.95 bits per heavy atom. The quantitative estimate of drug-likeness (QED) is 0.916. The van der Waals surface area contributed by atoms with E-state index in [4.69, 9.17) is 0 Å². The first-order chi connectivity index (χ1) is 9.06. The van der Waals surface area contributed by atoms with Crippen molar-refractivity contribution in [2.75, 3.05) is 0 Å². The number of carbonyl (C=O) groups is 1. The lowest BCUT2D eigenvalue weighted by molar-refractivity contribution is 0.0950. The van der Waals surface area contributed by atoms with E-state index in [0.29, 0.717) is 5.56 Å².